The van der Waals surface area contributed by atoms with Crippen molar-refractivity contribution in [2.24, 2.45) is 0 Å². The number of amides is 2. The maximum atomic E-state index is 13.1. The Hall–Kier alpha value is -2.96. The third kappa shape index (κ3) is 3.03. The van der Waals surface area contributed by atoms with Gasteiger partial charge in [0.15, 0.2) is 0 Å². The molecule has 27 heavy (non-hydrogen) atoms. The molecule has 2 N–H and O–H groups in total. The number of hydrogen-bond acceptors (Lipinski definition) is 3. The number of benzene rings is 1. The lowest BCUT2D eigenvalue weighted by atomic mass is 9.65. The molecule has 1 aromatic carbocycles. The topological polar surface area (TPSA) is 82.5 Å². The zero-order valence-electron chi connectivity index (χ0n) is 14.7. The number of nitrogens with zero attached hydrogens (tertiary/aromatic N) is 2. The Morgan fingerprint density at radius 3 is 2.48 bits per heavy atom. The van der Waals surface area contributed by atoms with E-state index in [0.717, 1.165) is 12.1 Å². The van der Waals surface area contributed by atoms with Crippen molar-refractivity contribution < 1.29 is 19.1 Å². The number of pyridine rings is 1. The Morgan fingerprint density at radius 1 is 1.11 bits per heavy atom. The van der Waals surface area contributed by atoms with Gasteiger partial charge in [0.2, 0.25) is 5.91 Å². The molecule has 6 nitrogen and oxygen atoms in total. The number of carbonyl (C=O) groups excluding carboxylic acids is 1. The van der Waals surface area contributed by atoms with E-state index in [1.165, 1.54) is 29.2 Å². The van der Waals surface area contributed by atoms with Crippen LogP contribution in [-0.4, -0.2) is 28.6 Å². The maximum absolute atomic E-state index is 13.1. The summed E-state index contributed by atoms with van der Waals surface area (Å²) in [6.45, 7) is 0.458. The summed E-state index contributed by atoms with van der Waals surface area (Å²) in [7, 11) is 0. The summed E-state index contributed by atoms with van der Waals surface area (Å²) in [6, 6.07) is 9.20. The molecule has 2 aliphatic rings. The van der Waals surface area contributed by atoms with Gasteiger partial charge in [0.1, 0.15) is 5.82 Å². The number of fused-ring (bicyclic) bond motifs is 1. The number of rotatable bonds is 3. The van der Waals surface area contributed by atoms with Crippen LogP contribution in [0.1, 0.15) is 37.1 Å². The Morgan fingerprint density at radius 2 is 1.85 bits per heavy atom. The number of halogens is 1. The molecule has 140 valence electrons. The average Bonchev–Trinajstić information content (AvgIpc) is 2.62. The predicted octanol–water partition coefficient (Wildman–Crippen LogP) is 3.71. The smallest absolute Gasteiger partial charge is 0.411 e. The molecule has 0 spiro atoms. The molecular formula is C20H20FN3O3. The number of anilines is 2. The van der Waals surface area contributed by atoms with Crippen LogP contribution in [0.25, 0.3) is 0 Å². The van der Waals surface area contributed by atoms with Crippen LogP contribution in [0.5, 0.6) is 0 Å². The standard InChI is InChI=1S/C20H20FN3O3/c21-13-4-6-14(7-5-13)22-18(25)20(10-2-11-20)17-9-8-16-15(23-17)3-1-12-24(16)19(26)27/h4-9H,1-3,10-12H2,(H,22,25)(H,26,27). The lowest BCUT2D eigenvalue weighted by molar-refractivity contribution is -0.124. The third-order valence-corrected chi connectivity index (χ3v) is 5.50. The monoisotopic (exact) mass is 369 g/mol. The normalized spacial score (nSPS) is 17.6. The SMILES string of the molecule is O=C(O)N1CCCc2nc(C3(C(=O)Nc4ccc(F)cc4)CCC3)ccc21. The number of aryl methyl sites for hydroxylation is 1. The molecule has 1 aliphatic heterocycles. The molecule has 0 atom stereocenters. The first-order valence-corrected chi connectivity index (χ1v) is 9.07. The molecule has 7 heteroatoms. The van der Waals surface area contributed by atoms with Gasteiger partial charge in [0.25, 0.3) is 0 Å². The number of hydrogen-bond donors (Lipinski definition) is 2. The highest BCUT2D eigenvalue weighted by atomic mass is 19.1. The number of carbonyl (C=O) groups is 2. The van der Waals surface area contributed by atoms with E-state index in [9.17, 15) is 19.1 Å². The zero-order valence-corrected chi connectivity index (χ0v) is 14.7. The number of aromatic nitrogens is 1. The third-order valence-electron chi connectivity index (χ3n) is 5.50. The van der Waals surface area contributed by atoms with Gasteiger partial charge in [-0.1, -0.05) is 6.42 Å². The van der Waals surface area contributed by atoms with Crippen molar-refractivity contribution in [3.05, 3.63) is 53.6 Å². The van der Waals surface area contributed by atoms with E-state index in [1.807, 2.05) is 0 Å². The Bertz CT molecular complexity index is 894. The van der Waals surface area contributed by atoms with Crippen molar-refractivity contribution in [3.63, 3.8) is 0 Å². The second kappa shape index (κ2) is 6.64. The summed E-state index contributed by atoms with van der Waals surface area (Å²) in [4.78, 5) is 30.4. The molecular weight excluding hydrogens is 349 g/mol. The molecule has 0 saturated heterocycles. The van der Waals surface area contributed by atoms with Crippen molar-refractivity contribution in [1.29, 1.82) is 0 Å². The first kappa shape index (κ1) is 17.5. The van der Waals surface area contributed by atoms with Crippen LogP contribution in [0.3, 0.4) is 0 Å². The van der Waals surface area contributed by atoms with Crippen molar-refractivity contribution in [3.8, 4) is 0 Å². The summed E-state index contributed by atoms with van der Waals surface area (Å²) < 4.78 is 13.1. The Labute approximate surface area is 156 Å². The van der Waals surface area contributed by atoms with Crippen LogP contribution in [0.15, 0.2) is 36.4 Å². The summed E-state index contributed by atoms with van der Waals surface area (Å²) >= 11 is 0. The average molecular weight is 369 g/mol. The Balaban J connectivity index is 1.63. The van der Waals surface area contributed by atoms with Gasteiger partial charge in [-0.2, -0.15) is 0 Å². The maximum Gasteiger partial charge on any atom is 0.411 e. The number of carboxylic acid groups (broad SMARTS) is 1. The van der Waals surface area contributed by atoms with Crippen LogP contribution >= 0.6 is 0 Å². The fourth-order valence-electron chi connectivity index (χ4n) is 3.83. The van der Waals surface area contributed by atoms with Crippen LogP contribution in [-0.2, 0) is 16.6 Å². The van der Waals surface area contributed by atoms with E-state index in [1.54, 1.807) is 12.1 Å². The van der Waals surface area contributed by atoms with Gasteiger partial charge in [-0.05, 0) is 62.1 Å². The van der Waals surface area contributed by atoms with E-state index in [4.69, 9.17) is 4.98 Å². The van der Waals surface area contributed by atoms with E-state index in [-0.39, 0.29) is 11.7 Å². The molecule has 0 bridgehead atoms. The van der Waals surface area contributed by atoms with Crippen LogP contribution in [0.2, 0.25) is 0 Å². The molecule has 1 aromatic heterocycles. The fraction of sp³-hybridized carbons (Fsp3) is 0.350. The molecule has 2 heterocycles. The van der Waals surface area contributed by atoms with Gasteiger partial charge < -0.3 is 10.4 Å². The summed E-state index contributed by atoms with van der Waals surface area (Å²) in [5.74, 6) is -0.510. The molecule has 1 fully saturated rings. The van der Waals surface area contributed by atoms with Gasteiger partial charge >= 0.3 is 6.09 Å². The van der Waals surface area contributed by atoms with E-state index in [2.05, 4.69) is 5.32 Å². The van der Waals surface area contributed by atoms with Crippen molar-refractivity contribution in [2.75, 3.05) is 16.8 Å². The van der Waals surface area contributed by atoms with Crippen LogP contribution in [0, 0.1) is 5.82 Å². The molecule has 0 radical (unpaired) electrons. The highest BCUT2D eigenvalue weighted by Crippen LogP contribution is 2.44. The van der Waals surface area contributed by atoms with Gasteiger partial charge in [-0.3, -0.25) is 14.7 Å². The van der Waals surface area contributed by atoms with Gasteiger partial charge in [-0.25, -0.2) is 9.18 Å². The van der Waals surface area contributed by atoms with Crippen molar-refractivity contribution in [1.82, 2.24) is 4.98 Å². The number of nitrogens with one attached hydrogen (secondary N) is 1. The molecule has 0 unspecified atom stereocenters. The minimum atomic E-state index is -0.988. The van der Waals surface area contributed by atoms with Crippen LogP contribution < -0.4 is 10.2 Å². The zero-order chi connectivity index (χ0) is 19.0. The highest BCUT2D eigenvalue weighted by molar-refractivity contribution is 5.99. The lowest BCUT2D eigenvalue weighted by Gasteiger charge is -2.40. The largest absolute Gasteiger partial charge is 0.465 e. The van der Waals surface area contributed by atoms with Crippen molar-refractivity contribution in [2.45, 2.75) is 37.5 Å². The van der Waals surface area contributed by atoms with Gasteiger partial charge in [0, 0.05) is 12.2 Å². The minimum absolute atomic E-state index is 0.154. The molecule has 1 aliphatic carbocycles. The molecule has 4 rings (SSSR count). The van der Waals surface area contributed by atoms with E-state index < -0.39 is 11.5 Å². The fourth-order valence-corrected chi connectivity index (χ4v) is 3.83. The second-order valence-electron chi connectivity index (χ2n) is 7.10. The predicted molar refractivity (Wildman–Crippen MR) is 98.5 cm³/mol. The van der Waals surface area contributed by atoms with Crippen LogP contribution in [0.4, 0.5) is 20.6 Å². The van der Waals surface area contributed by atoms with Gasteiger partial charge in [0.05, 0.1) is 22.5 Å². The summed E-state index contributed by atoms with van der Waals surface area (Å²) in [5, 5.41) is 12.2. The highest BCUT2D eigenvalue weighted by Gasteiger charge is 2.47. The van der Waals surface area contributed by atoms with E-state index in [0.29, 0.717) is 49.3 Å². The molecule has 1 saturated carbocycles. The lowest BCUT2D eigenvalue weighted by Crippen LogP contribution is -2.47. The second-order valence-corrected chi connectivity index (χ2v) is 7.10. The first-order valence-electron chi connectivity index (χ1n) is 9.07. The quantitative estimate of drug-likeness (QED) is 0.864. The minimum Gasteiger partial charge on any atom is -0.465 e. The Kier molecular flexibility index (Phi) is 4.30. The van der Waals surface area contributed by atoms with Crippen molar-refractivity contribution >= 4 is 23.4 Å². The molecule has 2 aromatic rings. The van der Waals surface area contributed by atoms with Gasteiger partial charge in [-0.15, -0.1) is 0 Å². The van der Waals surface area contributed by atoms with E-state index >= 15 is 0 Å². The summed E-state index contributed by atoms with van der Waals surface area (Å²) in [5.41, 5.74) is 1.84. The molecule has 2 amide bonds. The summed E-state index contributed by atoms with van der Waals surface area (Å²) in [6.07, 6.45) is 2.73. The first-order chi connectivity index (χ1) is 13.0.